The second kappa shape index (κ2) is 7.09. The maximum absolute atomic E-state index is 3.43. The van der Waals surface area contributed by atoms with Crippen LogP contribution in [0.5, 0.6) is 0 Å². The minimum atomic E-state index is 1.18. The molecule has 1 aromatic carbocycles. The van der Waals surface area contributed by atoms with Crippen molar-refractivity contribution in [2.75, 3.05) is 0 Å². The van der Waals surface area contributed by atoms with Gasteiger partial charge in [0.2, 0.25) is 0 Å². The molecule has 0 aliphatic heterocycles. The van der Waals surface area contributed by atoms with Gasteiger partial charge in [0.05, 0.1) is 0 Å². The van der Waals surface area contributed by atoms with Gasteiger partial charge in [-0.05, 0) is 30.1 Å². The minimum absolute atomic E-state index is 1.18. The van der Waals surface area contributed by atoms with Crippen LogP contribution in [0.3, 0.4) is 0 Å². The summed E-state index contributed by atoms with van der Waals surface area (Å²) in [5.41, 5.74) is 6.12. The molecule has 0 saturated carbocycles. The topological polar surface area (TPSA) is 0 Å². The van der Waals surface area contributed by atoms with Gasteiger partial charge in [0.15, 0.2) is 0 Å². The molecule has 1 rings (SSSR count). The highest BCUT2D eigenvalue weighted by molar-refractivity contribution is 5.48. The maximum atomic E-state index is 3.43. The molecule has 0 aliphatic rings. The Kier molecular flexibility index (Phi) is 5.58. The molecule has 0 radical (unpaired) electrons. The summed E-state index contributed by atoms with van der Waals surface area (Å²) in [5.74, 6) is 0. The zero-order chi connectivity index (χ0) is 10.9. The normalized spacial score (nSPS) is 9.47. The molecule has 0 heterocycles. The second-order valence-electron chi connectivity index (χ2n) is 3.80. The smallest absolute Gasteiger partial charge is 0.0128 e. The van der Waals surface area contributed by atoms with Crippen LogP contribution >= 0.6 is 0 Å². The zero-order valence-electron chi connectivity index (χ0n) is 9.79. The molecule has 0 aliphatic carbocycles. The molecular formula is C15H20. The van der Waals surface area contributed by atoms with Crippen molar-refractivity contribution in [1.82, 2.24) is 0 Å². The lowest BCUT2D eigenvalue weighted by molar-refractivity contribution is 0.806. The molecule has 1 aromatic rings. The molecule has 0 bridgehead atoms. The Bertz CT molecular complexity index is 318. The van der Waals surface area contributed by atoms with Gasteiger partial charge in [0.25, 0.3) is 0 Å². The van der Waals surface area contributed by atoms with E-state index in [1.807, 2.05) is 6.07 Å². The molecule has 0 nitrogen and oxygen atoms in total. The van der Waals surface area contributed by atoms with Crippen molar-refractivity contribution < 1.29 is 0 Å². The van der Waals surface area contributed by atoms with Gasteiger partial charge in [0.1, 0.15) is 0 Å². The van der Waals surface area contributed by atoms with E-state index in [0.717, 1.165) is 0 Å². The molecule has 0 spiro atoms. The van der Waals surface area contributed by atoms with Crippen LogP contribution in [-0.2, 0) is 0 Å². The number of hydrogen-bond acceptors (Lipinski definition) is 0. The fourth-order valence-corrected chi connectivity index (χ4v) is 1.61. The molecule has 0 saturated heterocycles. The molecule has 0 atom stereocenters. The van der Waals surface area contributed by atoms with Gasteiger partial charge in [0, 0.05) is 0 Å². The molecular weight excluding hydrogens is 180 g/mol. The first-order valence-electron chi connectivity index (χ1n) is 5.86. The maximum Gasteiger partial charge on any atom is -0.0128 e. The van der Waals surface area contributed by atoms with Gasteiger partial charge in [-0.2, -0.15) is 0 Å². The highest BCUT2D eigenvalue weighted by Gasteiger charge is 1.92. The van der Waals surface area contributed by atoms with Crippen molar-refractivity contribution in [1.29, 1.82) is 0 Å². The van der Waals surface area contributed by atoms with Gasteiger partial charge in [-0.1, -0.05) is 57.0 Å². The van der Waals surface area contributed by atoms with E-state index >= 15 is 0 Å². The lowest BCUT2D eigenvalue weighted by Gasteiger charge is -1.99. The summed E-state index contributed by atoms with van der Waals surface area (Å²) >= 11 is 0. The quantitative estimate of drug-likeness (QED) is 0.597. The SMILES string of the molecule is CCCC(=C=Cc1ccccc1)CCC. The fourth-order valence-electron chi connectivity index (χ4n) is 1.61. The van der Waals surface area contributed by atoms with Crippen LogP contribution in [0.25, 0.3) is 6.08 Å². The van der Waals surface area contributed by atoms with Crippen LogP contribution in [-0.4, -0.2) is 0 Å². The summed E-state index contributed by atoms with van der Waals surface area (Å²) < 4.78 is 0. The summed E-state index contributed by atoms with van der Waals surface area (Å²) in [5, 5.41) is 0. The van der Waals surface area contributed by atoms with Gasteiger partial charge in [-0.15, -0.1) is 5.73 Å². The van der Waals surface area contributed by atoms with Crippen molar-refractivity contribution in [2.24, 2.45) is 0 Å². The largest absolute Gasteiger partial charge is 0.121 e. The van der Waals surface area contributed by atoms with Gasteiger partial charge in [-0.3, -0.25) is 0 Å². The van der Waals surface area contributed by atoms with Crippen molar-refractivity contribution in [3.63, 3.8) is 0 Å². The third-order valence-electron chi connectivity index (χ3n) is 2.35. The standard InChI is InChI=1S/C15H20/c1-3-8-14(9-4-2)12-13-15-10-6-5-7-11-15/h5-7,10-11,13H,3-4,8-9H2,1-2H3. The fraction of sp³-hybridized carbons (Fsp3) is 0.400. The monoisotopic (exact) mass is 200 g/mol. The van der Waals surface area contributed by atoms with E-state index in [2.05, 4.69) is 49.9 Å². The number of hydrogen-bond donors (Lipinski definition) is 0. The Labute approximate surface area is 93.3 Å². The van der Waals surface area contributed by atoms with Gasteiger partial charge in [-0.25, -0.2) is 0 Å². The number of allylic oxidation sites excluding steroid dienone is 1. The summed E-state index contributed by atoms with van der Waals surface area (Å²) in [6.45, 7) is 4.44. The number of benzene rings is 1. The molecule has 0 fully saturated rings. The highest BCUT2D eigenvalue weighted by Crippen LogP contribution is 2.11. The zero-order valence-corrected chi connectivity index (χ0v) is 9.79. The first-order chi connectivity index (χ1) is 7.36. The van der Waals surface area contributed by atoms with Gasteiger partial charge >= 0.3 is 0 Å². The summed E-state index contributed by atoms with van der Waals surface area (Å²) in [7, 11) is 0. The predicted octanol–water partition coefficient (Wildman–Crippen LogP) is 4.83. The average Bonchev–Trinajstić information content (AvgIpc) is 2.28. The number of rotatable bonds is 5. The molecule has 15 heavy (non-hydrogen) atoms. The summed E-state index contributed by atoms with van der Waals surface area (Å²) in [6, 6.07) is 10.4. The minimum Gasteiger partial charge on any atom is -0.121 e. The van der Waals surface area contributed by atoms with E-state index in [-0.39, 0.29) is 0 Å². The highest BCUT2D eigenvalue weighted by atomic mass is 14.0. The van der Waals surface area contributed by atoms with Crippen molar-refractivity contribution in [3.05, 3.63) is 47.2 Å². The first kappa shape index (κ1) is 11.8. The lowest BCUT2D eigenvalue weighted by atomic mass is 10.1. The van der Waals surface area contributed by atoms with Crippen LogP contribution in [0.2, 0.25) is 0 Å². The van der Waals surface area contributed by atoms with Crippen LogP contribution in [0.4, 0.5) is 0 Å². The third kappa shape index (κ3) is 4.67. The van der Waals surface area contributed by atoms with Crippen LogP contribution in [0.1, 0.15) is 45.1 Å². The van der Waals surface area contributed by atoms with Crippen molar-refractivity contribution >= 4 is 6.08 Å². The molecule has 0 amide bonds. The second-order valence-corrected chi connectivity index (χ2v) is 3.80. The van der Waals surface area contributed by atoms with E-state index < -0.39 is 0 Å². The first-order valence-corrected chi connectivity index (χ1v) is 5.86. The average molecular weight is 200 g/mol. The van der Waals surface area contributed by atoms with Crippen LogP contribution in [0.15, 0.2) is 41.6 Å². The van der Waals surface area contributed by atoms with Gasteiger partial charge < -0.3 is 0 Å². The lowest BCUT2D eigenvalue weighted by Crippen LogP contribution is -1.80. The van der Waals surface area contributed by atoms with Crippen molar-refractivity contribution in [3.8, 4) is 0 Å². The third-order valence-corrected chi connectivity index (χ3v) is 2.35. The Morgan fingerprint density at radius 2 is 1.67 bits per heavy atom. The molecule has 0 aromatic heterocycles. The van der Waals surface area contributed by atoms with E-state index in [4.69, 9.17) is 0 Å². The Morgan fingerprint density at radius 3 is 2.20 bits per heavy atom. The van der Waals surface area contributed by atoms with Crippen molar-refractivity contribution in [2.45, 2.75) is 39.5 Å². The predicted molar refractivity (Wildman–Crippen MR) is 67.7 cm³/mol. The van der Waals surface area contributed by atoms with E-state index in [1.54, 1.807) is 0 Å². The molecule has 0 unspecified atom stereocenters. The summed E-state index contributed by atoms with van der Waals surface area (Å²) in [6.07, 6.45) is 6.88. The molecule has 0 N–H and O–H groups in total. The Hall–Kier alpha value is -1.26. The van der Waals surface area contributed by atoms with E-state index in [0.29, 0.717) is 0 Å². The Balaban J connectivity index is 2.77. The molecule has 80 valence electrons. The van der Waals surface area contributed by atoms with E-state index in [9.17, 15) is 0 Å². The summed E-state index contributed by atoms with van der Waals surface area (Å²) in [4.78, 5) is 0. The van der Waals surface area contributed by atoms with Crippen LogP contribution < -0.4 is 0 Å². The van der Waals surface area contributed by atoms with Crippen LogP contribution in [0, 0.1) is 0 Å². The Morgan fingerprint density at radius 1 is 1.07 bits per heavy atom. The molecule has 0 heteroatoms. The van der Waals surface area contributed by atoms with E-state index in [1.165, 1.54) is 36.8 Å².